The Morgan fingerprint density at radius 2 is 0.984 bits per heavy atom. The van der Waals surface area contributed by atoms with Crippen molar-refractivity contribution in [2.75, 3.05) is 19.8 Å². The first-order chi connectivity index (χ1) is 30.5. The van der Waals surface area contributed by atoms with Crippen LogP contribution in [-0.4, -0.2) is 140 Å². The molecule has 0 saturated carbocycles. The highest BCUT2D eigenvalue weighted by molar-refractivity contribution is 5.73. The zero-order valence-corrected chi connectivity index (χ0v) is 39.1. The van der Waals surface area contributed by atoms with Crippen LogP contribution in [0.5, 0.6) is 0 Å². The quantitative estimate of drug-likeness (QED) is 0.0250. The van der Waals surface area contributed by atoms with E-state index in [1.165, 1.54) is 161 Å². The van der Waals surface area contributed by atoms with Crippen LogP contribution in [0.1, 0.15) is 187 Å². The summed E-state index contributed by atoms with van der Waals surface area (Å²) in [4.78, 5) is 11.9. The van der Waals surface area contributed by atoms with E-state index in [4.69, 9.17) is 18.9 Å². The van der Waals surface area contributed by atoms with Crippen molar-refractivity contribution in [2.45, 2.75) is 261 Å². The molecule has 0 radical (unpaired) electrons. The summed E-state index contributed by atoms with van der Waals surface area (Å²) in [6.07, 6.45) is 26.6. The smallest absolute Gasteiger partial charge is 0.217 e. The van der Waals surface area contributed by atoms with Crippen molar-refractivity contribution in [1.29, 1.82) is 0 Å². The fraction of sp³-hybridized carbons (Fsp3) is 0.898. The zero-order valence-electron chi connectivity index (χ0n) is 39.1. The lowest BCUT2D eigenvalue weighted by atomic mass is 9.97. The van der Waals surface area contributed by atoms with Gasteiger partial charge in [-0.15, -0.1) is 0 Å². The van der Waals surface area contributed by atoms with Crippen molar-refractivity contribution in [2.24, 2.45) is 0 Å². The number of aliphatic hydroxyl groups is 8. The van der Waals surface area contributed by atoms with Gasteiger partial charge >= 0.3 is 0 Å². The molecule has 0 spiro atoms. The molecule has 370 valence electrons. The van der Waals surface area contributed by atoms with E-state index in [0.29, 0.717) is 6.42 Å². The first-order valence-corrected chi connectivity index (χ1v) is 25.0. The van der Waals surface area contributed by atoms with Crippen LogP contribution >= 0.6 is 0 Å². The van der Waals surface area contributed by atoms with Crippen LogP contribution in [0, 0.1) is 0 Å². The van der Waals surface area contributed by atoms with Gasteiger partial charge in [0.2, 0.25) is 5.91 Å². The summed E-state index contributed by atoms with van der Waals surface area (Å²) in [7, 11) is 0. The predicted molar refractivity (Wildman–Crippen MR) is 245 cm³/mol. The largest absolute Gasteiger partial charge is 0.394 e. The normalized spacial score (nSPS) is 27.7. The maximum absolute atomic E-state index is 11.9. The van der Waals surface area contributed by atoms with E-state index in [1.54, 1.807) is 6.08 Å². The van der Waals surface area contributed by atoms with Crippen LogP contribution in [0.4, 0.5) is 0 Å². The second kappa shape index (κ2) is 36.6. The van der Waals surface area contributed by atoms with Gasteiger partial charge in [0.1, 0.15) is 48.8 Å². The number of carbonyl (C=O) groups excluding carboxylic acids is 1. The molecule has 2 aliphatic rings. The number of unbranched alkanes of at least 4 members (excludes halogenated alkanes) is 25. The molecule has 0 aromatic carbocycles. The minimum Gasteiger partial charge on any atom is -0.394 e. The summed E-state index contributed by atoms with van der Waals surface area (Å²) in [6.45, 7) is 1.82. The summed E-state index contributed by atoms with van der Waals surface area (Å²) in [5, 5.41) is 85.0. The SMILES string of the molecule is CCCCCCCCCCCCCCCCCCCCCCCCCC/C=C/CC/C=C/C(O)C(COC1OC(CO)C(OC2OC(CO)C(O)C(O)C2O)C(O)C1O)NC(C)=O. The molecule has 1 amide bonds. The number of aliphatic hydroxyl groups excluding tert-OH is 8. The number of hydrogen-bond donors (Lipinski definition) is 9. The number of nitrogens with one attached hydrogen (secondary N) is 1. The maximum Gasteiger partial charge on any atom is 0.217 e. The Balaban J connectivity index is 1.50. The Labute approximate surface area is 379 Å². The van der Waals surface area contributed by atoms with E-state index in [2.05, 4.69) is 24.4 Å². The fourth-order valence-corrected chi connectivity index (χ4v) is 8.40. The standard InChI is InChI=1S/C49H91NO13/c1-3-4-5-6-7-8-9-10-11-12-13-14-15-16-17-18-19-20-21-22-23-24-25-26-27-28-29-30-31-32-33-39(54)38(50-37(2)53)36-60-48-46(59)44(57)47(41(35-52)62-48)63-49-45(58)43(56)42(55)40(34-51)61-49/h28-29,32-33,38-49,51-52,54-59H,3-27,30-31,34-36H2,1-2H3,(H,50,53)/b29-28+,33-32+. The molecule has 12 unspecified atom stereocenters. The Bertz CT molecular complexity index is 1160. The Morgan fingerprint density at radius 1 is 0.556 bits per heavy atom. The van der Waals surface area contributed by atoms with Gasteiger partial charge in [-0.05, 0) is 25.7 Å². The lowest BCUT2D eigenvalue weighted by molar-refractivity contribution is -0.359. The van der Waals surface area contributed by atoms with Gasteiger partial charge in [-0.2, -0.15) is 0 Å². The summed E-state index contributed by atoms with van der Waals surface area (Å²) in [5.74, 6) is -0.425. The molecule has 2 fully saturated rings. The first kappa shape index (κ1) is 57.6. The van der Waals surface area contributed by atoms with Crippen molar-refractivity contribution in [3.8, 4) is 0 Å². The minimum absolute atomic E-state index is 0.324. The summed E-state index contributed by atoms with van der Waals surface area (Å²) < 4.78 is 22.2. The molecule has 2 rings (SSSR count). The van der Waals surface area contributed by atoms with Gasteiger partial charge in [-0.25, -0.2) is 0 Å². The van der Waals surface area contributed by atoms with Crippen LogP contribution in [0.3, 0.4) is 0 Å². The fourth-order valence-electron chi connectivity index (χ4n) is 8.40. The van der Waals surface area contributed by atoms with Gasteiger partial charge in [0, 0.05) is 6.92 Å². The van der Waals surface area contributed by atoms with E-state index in [-0.39, 0.29) is 6.61 Å². The van der Waals surface area contributed by atoms with Gasteiger partial charge in [0.25, 0.3) is 0 Å². The van der Waals surface area contributed by atoms with Gasteiger partial charge in [-0.1, -0.05) is 179 Å². The highest BCUT2D eigenvalue weighted by atomic mass is 16.7. The predicted octanol–water partition coefficient (Wildman–Crippen LogP) is 6.16. The van der Waals surface area contributed by atoms with Gasteiger partial charge in [0.15, 0.2) is 12.6 Å². The average molecular weight is 902 g/mol. The Hall–Kier alpha value is -1.53. The van der Waals surface area contributed by atoms with Gasteiger partial charge < -0.3 is 65.1 Å². The Morgan fingerprint density at radius 3 is 1.46 bits per heavy atom. The third kappa shape index (κ3) is 24.7. The van der Waals surface area contributed by atoms with E-state index in [9.17, 15) is 45.6 Å². The van der Waals surface area contributed by atoms with Crippen molar-refractivity contribution in [3.63, 3.8) is 0 Å². The molecule has 2 aliphatic heterocycles. The third-order valence-corrected chi connectivity index (χ3v) is 12.4. The molecule has 12 atom stereocenters. The topological polar surface area (TPSA) is 228 Å². The van der Waals surface area contributed by atoms with E-state index in [0.717, 1.165) is 12.8 Å². The van der Waals surface area contributed by atoms with Crippen molar-refractivity contribution >= 4 is 5.91 Å². The molecular formula is C49H91NO13. The third-order valence-electron chi connectivity index (χ3n) is 12.4. The van der Waals surface area contributed by atoms with Crippen LogP contribution in [0.2, 0.25) is 0 Å². The highest BCUT2D eigenvalue weighted by Gasteiger charge is 2.50. The minimum atomic E-state index is -1.79. The average Bonchev–Trinajstić information content (AvgIpc) is 3.27. The number of carbonyl (C=O) groups is 1. The molecule has 0 aliphatic carbocycles. The van der Waals surface area contributed by atoms with Crippen LogP contribution in [0.15, 0.2) is 24.3 Å². The first-order valence-electron chi connectivity index (χ1n) is 25.0. The number of hydrogen-bond acceptors (Lipinski definition) is 13. The molecule has 2 heterocycles. The molecule has 0 aromatic heterocycles. The van der Waals surface area contributed by atoms with E-state index >= 15 is 0 Å². The number of rotatable bonds is 38. The second-order valence-corrected chi connectivity index (χ2v) is 18.0. The summed E-state index contributed by atoms with van der Waals surface area (Å²) >= 11 is 0. The van der Waals surface area contributed by atoms with Crippen molar-refractivity contribution in [1.82, 2.24) is 5.32 Å². The van der Waals surface area contributed by atoms with Crippen LogP contribution in [-0.2, 0) is 23.7 Å². The summed E-state index contributed by atoms with van der Waals surface area (Å²) in [6, 6.07) is -0.929. The molecular weight excluding hydrogens is 811 g/mol. The van der Waals surface area contributed by atoms with E-state index in [1.807, 2.05) is 6.08 Å². The number of ether oxygens (including phenoxy) is 4. The number of amides is 1. The van der Waals surface area contributed by atoms with Crippen LogP contribution in [0.25, 0.3) is 0 Å². The molecule has 0 aromatic rings. The molecule has 14 heteroatoms. The Kier molecular flexibility index (Phi) is 33.4. The number of allylic oxidation sites excluding steroid dienone is 3. The molecule has 9 N–H and O–H groups in total. The van der Waals surface area contributed by atoms with Gasteiger partial charge in [-0.3, -0.25) is 4.79 Å². The second-order valence-electron chi connectivity index (χ2n) is 18.0. The molecule has 0 bridgehead atoms. The zero-order chi connectivity index (χ0) is 46.1. The van der Waals surface area contributed by atoms with E-state index < -0.39 is 92.7 Å². The van der Waals surface area contributed by atoms with Crippen molar-refractivity contribution < 1.29 is 64.6 Å². The lowest BCUT2D eigenvalue weighted by Gasteiger charge is -2.46. The molecule has 63 heavy (non-hydrogen) atoms. The highest BCUT2D eigenvalue weighted by Crippen LogP contribution is 2.30. The summed E-state index contributed by atoms with van der Waals surface area (Å²) in [5.41, 5.74) is 0. The maximum atomic E-state index is 11.9. The van der Waals surface area contributed by atoms with Crippen molar-refractivity contribution in [3.05, 3.63) is 24.3 Å². The van der Waals surface area contributed by atoms with Crippen LogP contribution < -0.4 is 5.32 Å². The molecule has 14 nitrogen and oxygen atoms in total. The molecule has 2 saturated heterocycles. The van der Waals surface area contributed by atoms with Gasteiger partial charge in [0.05, 0.1) is 32.0 Å². The monoisotopic (exact) mass is 902 g/mol. The lowest BCUT2D eigenvalue weighted by Crippen LogP contribution is -2.65.